The van der Waals surface area contributed by atoms with Crippen molar-refractivity contribution in [3.05, 3.63) is 0 Å². The molecule has 0 spiro atoms. The minimum Gasteiger partial charge on any atom is -0.344 e. The monoisotopic (exact) mass is 277 g/mol. The second-order valence-electron chi connectivity index (χ2n) is 4.75. The molecule has 106 valence electrons. The molecule has 1 heterocycles. The molecule has 0 radical (unpaired) electrons. The van der Waals surface area contributed by atoms with E-state index in [1.54, 1.807) is 13.8 Å². The van der Waals surface area contributed by atoms with Crippen LogP contribution >= 0.6 is 12.4 Å². The maximum absolute atomic E-state index is 12.0. The minimum atomic E-state index is -0.449. The van der Waals surface area contributed by atoms with E-state index >= 15 is 0 Å². The van der Waals surface area contributed by atoms with Gasteiger partial charge in [0.2, 0.25) is 11.8 Å². The Labute approximate surface area is 115 Å². The summed E-state index contributed by atoms with van der Waals surface area (Å²) in [4.78, 5) is 25.5. The number of carbonyl (C=O) groups excluding carboxylic acids is 2. The van der Waals surface area contributed by atoms with Crippen molar-refractivity contribution in [1.82, 2.24) is 10.2 Å². The SMILES string of the molecule is CC(CN)C(=O)N[C@@H](C)C(=O)N1CCCCC1.Cl. The molecule has 0 bridgehead atoms. The molecule has 1 saturated heterocycles. The average Bonchev–Trinajstić information content (AvgIpc) is 2.37. The van der Waals surface area contributed by atoms with Gasteiger partial charge in [0.15, 0.2) is 0 Å². The lowest BCUT2D eigenvalue weighted by atomic mass is 10.1. The van der Waals surface area contributed by atoms with E-state index in [1.807, 2.05) is 4.90 Å². The van der Waals surface area contributed by atoms with Crippen molar-refractivity contribution in [2.24, 2.45) is 11.7 Å². The van der Waals surface area contributed by atoms with Crippen LogP contribution in [0.1, 0.15) is 33.1 Å². The molecule has 0 aromatic rings. The summed E-state index contributed by atoms with van der Waals surface area (Å²) in [5.74, 6) is -0.376. The Morgan fingerprint density at radius 3 is 2.28 bits per heavy atom. The fourth-order valence-corrected chi connectivity index (χ4v) is 1.91. The van der Waals surface area contributed by atoms with E-state index in [2.05, 4.69) is 5.32 Å². The fourth-order valence-electron chi connectivity index (χ4n) is 1.91. The lowest BCUT2D eigenvalue weighted by Crippen LogP contribution is -2.50. The molecule has 0 aliphatic carbocycles. The van der Waals surface area contributed by atoms with Crippen molar-refractivity contribution < 1.29 is 9.59 Å². The molecule has 2 atom stereocenters. The average molecular weight is 278 g/mol. The molecule has 1 unspecified atom stereocenters. The van der Waals surface area contributed by atoms with Gasteiger partial charge in [0.25, 0.3) is 0 Å². The smallest absolute Gasteiger partial charge is 0.244 e. The van der Waals surface area contributed by atoms with Crippen LogP contribution in [-0.4, -0.2) is 42.4 Å². The molecule has 1 rings (SSSR count). The van der Waals surface area contributed by atoms with E-state index in [1.165, 1.54) is 6.42 Å². The van der Waals surface area contributed by atoms with Gasteiger partial charge in [-0.15, -0.1) is 12.4 Å². The van der Waals surface area contributed by atoms with Gasteiger partial charge in [0.1, 0.15) is 6.04 Å². The van der Waals surface area contributed by atoms with E-state index in [-0.39, 0.29) is 30.1 Å². The van der Waals surface area contributed by atoms with Crippen molar-refractivity contribution in [2.75, 3.05) is 19.6 Å². The Bertz CT molecular complexity index is 280. The van der Waals surface area contributed by atoms with Gasteiger partial charge in [-0.2, -0.15) is 0 Å². The number of hydrogen-bond acceptors (Lipinski definition) is 3. The molecule has 6 heteroatoms. The van der Waals surface area contributed by atoms with E-state index in [9.17, 15) is 9.59 Å². The third-order valence-electron chi connectivity index (χ3n) is 3.20. The highest BCUT2D eigenvalue weighted by molar-refractivity contribution is 5.88. The maximum Gasteiger partial charge on any atom is 0.244 e. The third kappa shape index (κ3) is 4.82. The van der Waals surface area contributed by atoms with Crippen molar-refractivity contribution in [3.63, 3.8) is 0 Å². The first kappa shape index (κ1) is 17.2. The first-order valence-corrected chi connectivity index (χ1v) is 6.35. The molecule has 1 fully saturated rings. The van der Waals surface area contributed by atoms with Crippen molar-refractivity contribution in [1.29, 1.82) is 0 Å². The molecule has 0 aromatic carbocycles. The topological polar surface area (TPSA) is 75.4 Å². The van der Waals surface area contributed by atoms with Gasteiger partial charge in [-0.3, -0.25) is 9.59 Å². The van der Waals surface area contributed by atoms with Crippen LogP contribution in [0.2, 0.25) is 0 Å². The number of halogens is 1. The van der Waals surface area contributed by atoms with Gasteiger partial charge in [-0.1, -0.05) is 6.92 Å². The number of nitrogens with zero attached hydrogens (tertiary/aromatic N) is 1. The van der Waals surface area contributed by atoms with Crippen LogP contribution in [0.4, 0.5) is 0 Å². The van der Waals surface area contributed by atoms with Gasteiger partial charge in [0.05, 0.1) is 0 Å². The predicted octanol–water partition coefficient (Wildman–Crippen LogP) is 0.520. The Morgan fingerprint density at radius 2 is 1.78 bits per heavy atom. The van der Waals surface area contributed by atoms with Crippen LogP contribution in [0.3, 0.4) is 0 Å². The molecule has 0 saturated carbocycles. The Kier molecular flexibility index (Phi) is 7.95. The van der Waals surface area contributed by atoms with E-state index in [0.29, 0.717) is 6.54 Å². The van der Waals surface area contributed by atoms with E-state index in [4.69, 9.17) is 5.73 Å². The molecule has 3 N–H and O–H groups in total. The highest BCUT2D eigenvalue weighted by Gasteiger charge is 2.24. The fraction of sp³-hybridized carbons (Fsp3) is 0.833. The Morgan fingerprint density at radius 1 is 1.22 bits per heavy atom. The van der Waals surface area contributed by atoms with E-state index < -0.39 is 6.04 Å². The number of rotatable bonds is 4. The zero-order valence-electron chi connectivity index (χ0n) is 11.1. The summed E-state index contributed by atoms with van der Waals surface area (Å²) in [5.41, 5.74) is 5.41. The lowest BCUT2D eigenvalue weighted by molar-refractivity contribution is -0.137. The van der Waals surface area contributed by atoms with Crippen LogP contribution in [0.5, 0.6) is 0 Å². The quantitative estimate of drug-likeness (QED) is 0.787. The van der Waals surface area contributed by atoms with Crippen LogP contribution in [-0.2, 0) is 9.59 Å². The molecule has 18 heavy (non-hydrogen) atoms. The summed E-state index contributed by atoms with van der Waals surface area (Å²) >= 11 is 0. The highest BCUT2D eigenvalue weighted by Crippen LogP contribution is 2.10. The maximum atomic E-state index is 12.0. The molecule has 5 nitrogen and oxygen atoms in total. The van der Waals surface area contributed by atoms with E-state index in [0.717, 1.165) is 25.9 Å². The molecular weight excluding hydrogens is 254 g/mol. The van der Waals surface area contributed by atoms with Gasteiger partial charge in [0, 0.05) is 25.6 Å². The first-order valence-electron chi connectivity index (χ1n) is 6.35. The Balaban J connectivity index is 0.00000289. The zero-order valence-corrected chi connectivity index (χ0v) is 12.0. The number of likely N-dealkylation sites (tertiary alicyclic amines) is 1. The minimum absolute atomic E-state index is 0. The largest absolute Gasteiger partial charge is 0.344 e. The van der Waals surface area contributed by atoms with Crippen LogP contribution in [0, 0.1) is 5.92 Å². The summed E-state index contributed by atoms with van der Waals surface area (Å²) < 4.78 is 0. The van der Waals surface area contributed by atoms with Crippen LogP contribution < -0.4 is 11.1 Å². The van der Waals surface area contributed by atoms with Crippen molar-refractivity contribution >= 4 is 24.2 Å². The number of hydrogen-bond donors (Lipinski definition) is 2. The zero-order chi connectivity index (χ0) is 12.8. The van der Waals surface area contributed by atoms with Gasteiger partial charge in [-0.05, 0) is 26.2 Å². The molecule has 1 aliphatic rings. The summed E-state index contributed by atoms with van der Waals surface area (Å²) in [6, 6.07) is -0.449. The molecule has 0 aromatic heterocycles. The normalized spacial score (nSPS) is 18.5. The summed E-state index contributed by atoms with van der Waals surface area (Å²) in [6.07, 6.45) is 3.31. The van der Waals surface area contributed by atoms with Crippen molar-refractivity contribution in [3.8, 4) is 0 Å². The molecular formula is C12H24ClN3O2. The van der Waals surface area contributed by atoms with Crippen molar-refractivity contribution in [2.45, 2.75) is 39.2 Å². The number of carbonyl (C=O) groups is 2. The van der Waals surface area contributed by atoms with Gasteiger partial charge < -0.3 is 16.0 Å². The number of amides is 2. The van der Waals surface area contributed by atoms with Gasteiger partial charge in [-0.25, -0.2) is 0 Å². The second-order valence-corrected chi connectivity index (χ2v) is 4.75. The summed E-state index contributed by atoms with van der Waals surface area (Å²) in [7, 11) is 0. The highest BCUT2D eigenvalue weighted by atomic mass is 35.5. The summed E-state index contributed by atoms with van der Waals surface area (Å²) in [6.45, 7) is 5.42. The molecule has 1 aliphatic heterocycles. The lowest BCUT2D eigenvalue weighted by Gasteiger charge is -2.29. The van der Waals surface area contributed by atoms with Gasteiger partial charge >= 0.3 is 0 Å². The molecule has 2 amide bonds. The Hall–Kier alpha value is -0.810. The number of nitrogens with two attached hydrogens (primary N) is 1. The second kappa shape index (κ2) is 8.32. The first-order chi connectivity index (χ1) is 8.06. The van der Waals surface area contributed by atoms with Crippen LogP contribution in [0.15, 0.2) is 0 Å². The third-order valence-corrected chi connectivity index (χ3v) is 3.20. The standard InChI is InChI=1S/C12H23N3O2.ClH/c1-9(8-13)11(16)14-10(2)12(17)15-6-4-3-5-7-15;/h9-10H,3-8,13H2,1-2H3,(H,14,16);1H/t9?,10-;/m0./s1. The van der Waals surface area contributed by atoms with Crippen LogP contribution in [0.25, 0.3) is 0 Å². The number of nitrogens with one attached hydrogen (secondary N) is 1. The summed E-state index contributed by atoms with van der Waals surface area (Å²) in [5, 5.41) is 2.72. The number of piperidine rings is 1. The predicted molar refractivity (Wildman–Crippen MR) is 73.5 cm³/mol.